The van der Waals surface area contributed by atoms with Crippen molar-refractivity contribution in [2.45, 2.75) is 59.0 Å². The number of likely N-dealkylation sites (tertiary alicyclic amines) is 1. The van der Waals surface area contributed by atoms with Crippen molar-refractivity contribution in [1.29, 1.82) is 0 Å². The summed E-state index contributed by atoms with van der Waals surface area (Å²) in [6, 6.07) is 7.00. The van der Waals surface area contributed by atoms with E-state index in [1.807, 2.05) is 0 Å². The first-order chi connectivity index (χ1) is 14.5. The Kier molecular flexibility index (Phi) is 6.81. The maximum Gasteiger partial charge on any atom is 0.228 e. The summed E-state index contributed by atoms with van der Waals surface area (Å²) in [6.07, 6.45) is 4.44. The molecule has 30 heavy (non-hydrogen) atoms. The summed E-state index contributed by atoms with van der Waals surface area (Å²) >= 11 is 0. The van der Waals surface area contributed by atoms with Gasteiger partial charge in [0.15, 0.2) is 0 Å². The number of aryl methyl sites for hydroxylation is 1. The van der Waals surface area contributed by atoms with Gasteiger partial charge in [-0.2, -0.15) is 0 Å². The number of carbonyl (C=O) groups is 1. The summed E-state index contributed by atoms with van der Waals surface area (Å²) in [7, 11) is 0. The van der Waals surface area contributed by atoms with Crippen LogP contribution in [0.4, 0.5) is 0 Å². The number of nitrogens with one attached hydrogen (secondary N) is 1. The highest BCUT2D eigenvalue weighted by Crippen LogP contribution is 2.48. The molecule has 5 heteroatoms. The molecule has 4 rings (SSSR count). The largest absolute Gasteiger partial charge is 0.379 e. The monoisotopic (exact) mass is 413 g/mol. The number of ether oxygens (including phenoxy) is 1. The Morgan fingerprint density at radius 2 is 2.00 bits per heavy atom. The number of hydrogen-bond donors (Lipinski definition) is 1. The van der Waals surface area contributed by atoms with Crippen molar-refractivity contribution in [3.63, 3.8) is 0 Å². The van der Waals surface area contributed by atoms with Crippen LogP contribution in [0.15, 0.2) is 18.2 Å². The van der Waals surface area contributed by atoms with Gasteiger partial charge < -0.3 is 15.0 Å². The van der Waals surface area contributed by atoms with Crippen molar-refractivity contribution >= 4 is 5.91 Å². The Morgan fingerprint density at radius 1 is 1.20 bits per heavy atom. The van der Waals surface area contributed by atoms with E-state index in [1.54, 1.807) is 0 Å². The Labute approximate surface area is 182 Å². The van der Waals surface area contributed by atoms with Crippen LogP contribution >= 0.6 is 0 Å². The van der Waals surface area contributed by atoms with Crippen molar-refractivity contribution < 1.29 is 9.53 Å². The molecular weight excluding hydrogens is 374 g/mol. The number of hydrogen-bond acceptors (Lipinski definition) is 4. The fourth-order valence-corrected chi connectivity index (χ4v) is 5.99. The average molecular weight is 414 g/mol. The van der Waals surface area contributed by atoms with E-state index in [1.165, 1.54) is 16.7 Å². The second kappa shape index (κ2) is 9.37. The highest BCUT2D eigenvalue weighted by molar-refractivity contribution is 5.83. The van der Waals surface area contributed by atoms with Crippen LogP contribution in [0.2, 0.25) is 0 Å². The van der Waals surface area contributed by atoms with Crippen molar-refractivity contribution in [3.05, 3.63) is 34.9 Å². The minimum absolute atomic E-state index is 0.227. The molecule has 0 spiro atoms. The Hall–Kier alpha value is -1.43. The minimum Gasteiger partial charge on any atom is -0.379 e. The zero-order chi connectivity index (χ0) is 21.1. The predicted octanol–water partition coefficient (Wildman–Crippen LogP) is 3.13. The van der Waals surface area contributed by atoms with E-state index in [4.69, 9.17) is 4.74 Å². The molecular formula is C25H39N3O2. The molecule has 3 aliphatic rings. The Balaban J connectivity index is 1.48. The van der Waals surface area contributed by atoms with Gasteiger partial charge in [-0.3, -0.25) is 9.69 Å². The molecule has 1 aromatic rings. The molecule has 0 unspecified atom stereocenters. The lowest BCUT2D eigenvalue weighted by atomic mass is 9.61. The second-order valence-corrected chi connectivity index (χ2v) is 9.63. The van der Waals surface area contributed by atoms with E-state index in [9.17, 15) is 4.79 Å². The summed E-state index contributed by atoms with van der Waals surface area (Å²) in [6.45, 7) is 14.0. The number of fused-ring (bicyclic) bond motifs is 1. The summed E-state index contributed by atoms with van der Waals surface area (Å²) in [5.41, 5.74) is 3.59. The molecule has 2 aliphatic heterocycles. The zero-order valence-corrected chi connectivity index (χ0v) is 19.1. The van der Waals surface area contributed by atoms with E-state index in [0.717, 1.165) is 71.6 Å². The molecule has 5 nitrogen and oxygen atoms in total. The quantitative estimate of drug-likeness (QED) is 0.806. The van der Waals surface area contributed by atoms with Gasteiger partial charge >= 0.3 is 0 Å². The highest BCUT2D eigenvalue weighted by atomic mass is 16.5. The zero-order valence-electron chi connectivity index (χ0n) is 19.1. The van der Waals surface area contributed by atoms with E-state index in [-0.39, 0.29) is 11.3 Å². The van der Waals surface area contributed by atoms with Gasteiger partial charge in [0, 0.05) is 32.2 Å². The predicted molar refractivity (Wildman–Crippen MR) is 120 cm³/mol. The summed E-state index contributed by atoms with van der Waals surface area (Å²) in [5, 5.41) is 3.37. The molecule has 1 aliphatic carbocycles. The molecule has 166 valence electrons. The van der Waals surface area contributed by atoms with Gasteiger partial charge in [-0.25, -0.2) is 0 Å². The van der Waals surface area contributed by atoms with Gasteiger partial charge in [-0.05, 0) is 75.2 Å². The maximum atomic E-state index is 13.7. The van der Waals surface area contributed by atoms with Gasteiger partial charge in [-0.1, -0.05) is 25.1 Å². The molecule has 1 amide bonds. The molecule has 3 fully saturated rings. The third-order valence-corrected chi connectivity index (χ3v) is 8.18. The fourth-order valence-electron chi connectivity index (χ4n) is 5.99. The van der Waals surface area contributed by atoms with Crippen molar-refractivity contribution in [3.8, 4) is 0 Å². The molecule has 0 bridgehead atoms. The van der Waals surface area contributed by atoms with E-state index in [0.29, 0.717) is 18.5 Å². The van der Waals surface area contributed by atoms with E-state index in [2.05, 4.69) is 54.1 Å². The number of benzene rings is 1. The van der Waals surface area contributed by atoms with Crippen molar-refractivity contribution in [2.24, 2.45) is 11.3 Å². The number of nitrogens with zero attached hydrogens (tertiary/aromatic N) is 2. The topological polar surface area (TPSA) is 44.8 Å². The normalized spacial score (nSPS) is 30.6. The third kappa shape index (κ3) is 4.30. The van der Waals surface area contributed by atoms with E-state index >= 15 is 0 Å². The smallest absolute Gasteiger partial charge is 0.228 e. The number of rotatable bonds is 5. The van der Waals surface area contributed by atoms with Crippen LogP contribution < -0.4 is 5.32 Å². The lowest BCUT2D eigenvalue weighted by molar-refractivity contribution is -0.145. The van der Waals surface area contributed by atoms with E-state index < -0.39 is 0 Å². The molecule has 0 aromatic heterocycles. The summed E-state index contributed by atoms with van der Waals surface area (Å²) in [5.74, 6) is 0.771. The van der Waals surface area contributed by atoms with Crippen LogP contribution in [-0.4, -0.2) is 67.7 Å². The van der Waals surface area contributed by atoms with Gasteiger partial charge in [-0.15, -0.1) is 0 Å². The number of amides is 1. The summed E-state index contributed by atoms with van der Waals surface area (Å²) in [4.78, 5) is 18.8. The lowest BCUT2D eigenvalue weighted by Crippen LogP contribution is -2.60. The Morgan fingerprint density at radius 3 is 2.77 bits per heavy atom. The molecule has 1 N–H and O–H groups in total. The minimum atomic E-state index is -0.227. The van der Waals surface area contributed by atoms with Crippen LogP contribution in [0.25, 0.3) is 0 Å². The van der Waals surface area contributed by atoms with Crippen LogP contribution in [0.1, 0.15) is 49.3 Å². The molecule has 1 saturated carbocycles. The average Bonchev–Trinajstić information content (AvgIpc) is 2.79. The molecule has 1 aromatic carbocycles. The summed E-state index contributed by atoms with van der Waals surface area (Å²) < 4.78 is 5.56. The molecule has 2 saturated heterocycles. The second-order valence-electron chi connectivity index (χ2n) is 9.63. The third-order valence-electron chi connectivity index (χ3n) is 8.18. The lowest BCUT2D eigenvalue weighted by Gasteiger charge is -2.53. The molecule has 2 heterocycles. The Bertz CT molecular complexity index is 746. The first kappa shape index (κ1) is 21.8. The standard InChI is InChI=1S/C25H39N3O2/c1-4-27-11-9-22-16-23(28-12-14-30-15-13-28)8-10-25(22,18-27)24(29)26-17-21-7-5-6-19(2)20(21)3/h5-7,22-23H,4,8-18H2,1-3H3,(H,26,29)/t22-,23+,25-/m1/s1. The first-order valence-electron chi connectivity index (χ1n) is 11.9. The fraction of sp³-hybridized carbons (Fsp3) is 0.720. The van der Waals surface area contributed by atoms with Crippen LogP contribution in [0.5, 0.6) is 0 Å². The number of carbonyl (C=O) groups excluding carboxylic acids is 1. The molecule has 3 atom stereocenters. The highest BCUT2D eigenvalue weighted by Gasteiger charge is 2.52. The van der Waals surface area contributed by atoms with Crippen LogP contribution in [0.3, 0.4) is 0 Å². The molecule has 0 radical (unpaired) electrons. The first-order valence-corrected chi connectivity index (χ1v) is 11.9. The van der Waals surface area contributed by atoms with Gasteiger partial charge in [0.25, 0.3) is 0 Å². The van der Waals surface area contributed by atoms with Crippen molar-refractivity contribution in [1.82, 2.24) is 15.1 Å². The SMILES string of the molecule is CCN1CC[C@@H]2C[C@@H](N3CCOCC3)CC[C@@]2(C(=O)NCc2cccc(C)c2C)C1. The van der Waals surface area contributed by atoms with Gasteiger partial charge in [0.1, 0.15) is 0 Å². The van der Waals surface area contributed by atoms with Crippen LogP contribution in [0, 0.1) is 25.2 Å². The van der Waals surface area contributed by atoms with Gasteiger partial charge in [0.05, 0.1) is 18.6 Å². The number of morpholine rings is 1. The van der Waals surface area contributed by atoms with Gasteiger partial charge in [0.2, 0.25) is 5.91 Å². The number of piperidine rings is 1. The maximum absolute atomic E-state index is 13.7. The van der Waals surface area contributed by atoms with Crippen molar-refractivity contribution in [2.75, 3.05) is 45.9 Å². The van der Waals surface area contributed by atoms with Crippen LogP contribution in [-0.2, 0) is 16.1 Å².